The topological polar surface area (TPSA) is 58.4 Å². The van der Waals surface area contributed by atoms with Gasteiger partial charge in [-0.2, -0.15) is 0 Å². The molecule has 2 aromatic heterocycles. The Kier molecular flexibility index (Phi) is 4.84. The first-order valence-electron chi connectivity index (χ1n) is 9.55. The van der Waals surface area contributed by atoms with Gasteiger partial charge >= 0.3 is 0 Å². The number of aryl methyl sites for hydroxylation is 2. The number of nitrogens with zero attached hydrogens (tertiary/aromatic N) is 2. The van der Waals surface area contributed by atoms with E-state index in [1.165, 1.54) is 22.8 Å². The highest BCUT2D eigenvalue weighted by Gasteiger charge is 2.22. The molecule has 140 valence electrons. The molecule has 4 rings (SSSR count). The maximum absolute atomic E-state index is 12.1. The highest BCUT2D eigenvalue weighted by atomic mass is 16.3. The normalized spacial score (nSPS) is 17.3. The Morgan fingerprint density at radius 3 is 3.00 bits per heavy atom. The van der Waals surface area contributed by atoms with Crippen molar-refractivity contribution < 1.29 is 9.21 Å². The smallest absolute Gasteiger partial charge is 0.286 e. The monoisotopic (exact) mass is 363 g/mol. The standard InChI is InChI=1S/C22H25N3O2/c1-15-7-8-18-16(2)12-21(24-19(18)11-15)25-9-3-5-17(14-25)13-23-22(26)20-6-4-10-27-20/h4,6-8,10-12,17H,3,5,9,13-14H2,1-2H3,(H,23,26). The van der Waals surface area contributed by atoms with Crippen molar-refractivity contribution in [3.63, 3.8) is 0 Å². The highest BCUT2D eigenvalue weighted by molar-refractivity contribution is 5.91. The Hall–Kier alpha value is -2.82. The molecule has 0 spiro atoms. The molecule has 27 heavy (non-hydrogen) atoms. The summed E-state index contributed by atoms with van der Waals surface area (Å²) in [5.41, 5.74) is 3.53. The van der Waals surface area contributed by atoms with Crippen LogP contribution in [-0.2, 0) is 0 Å². The molecule has 3 heterocycles. The lowest BCUT2D eigenvalue weighted by atomic mass is 9.97. The molecule has 1 N–H and O–H groups in total. The Balaban J connectivity index is 1.46. The molecular formula is C22H25N3O2. The number of benzene rings is 1. The molecule has 1 aliphatic rings. The van der Waals surface area contributed by atoms with Crippen molar-refractivity contribution in [2.45, 2.75) is 26.7 Å². The van der Waals surface area contributed by atoms with Gasteiger partial charge in [0.05, 0.1) is 11.8 Å². The van der Waals surface area contributed by atoms with Crippen LogP contribution in [0, 0.1) is 19.8 Å². The summed E-state index contributed by atoms with van der Waals surface area (Å²) in [7, 11) is 0. The van der Waals surface area contributed by atoms with Crippen molar-refractivity contribution in [1.82, 2.24) is 10.3 Å². The van der Waals surface area contributed by atoms with Crippen LogP contribution in [0.4, 0.5) is 5.82 Å². The van der Waals surface area contributed by atoms with Crippen LogP contribution in [0.3, 0.4) is 0 Å². The van der Waals surface area contributed by atoms with Gasteiger partial charge in [-0.05, 0) is 68.0 Å². The third-order valence-electron chi connectivity index (χ3n) is 5.30. The molecule has 1 amide bonds. The number of amides is 1. The molecule has 0 bridgehead atoms. The zero-order valence-corrected chi connectivity index (χ0v) is 15.9. The van der Waals surface area contributed by atoms with Crippen molar-refractivity contribution in [3.05, 3.63) is 59.5 Å². The number of carbonyl (C=O) groups excluding carboxylic acids is 1. The summed E-state index contributed by atoms with van der Waals surface area (Å²) in [6.45, 7) is 6.81. The lowest BCUT2D eigenvalue weighted by Gasteiger charge is -2.34. The van der Waals surface area contributed by atoms with E-state index < -0.39 is 0 Å². The van der Waals surface area contributed by atoms with E-state index in [0.717, 1.165) is 37.3 Å². The number of pyridine rings is 1. The number of anilines is 1. The van der Waals surface area contributed by atoms with Gasteiger partial charge in [-0.25, -0.2) is 4.98 Å². The first-order valence-corrected chi connectivity index (χ1v) is 9.55. The van der Waals surface area contributed by atoms with Crippen LogP contribution in [-0.4, -0.2) is 30.5 Å². The summed E-state index contributed by atoms with van der Waals surface area (Å²) in [4.78, 5) is 19.4. The molecular weight excluding hydrogens is 338 g/mol. The van der Waals surface area contributed by atoms with Gasteiger partial charge in [-0.15, -0.1) is 0 Å². The summed E-state index contributed by atoms with van der Waals surface area (Å²) in [5.74, 6) is 1.66. The van der Waals surface area contributed by atoms with E-state index in [1.54, 1.807) is 12.1 Å². The quantitative estimate of drug-likeness (QED) is 0.758. The van der Waals surface area contributed by atoms with Gasteiger partial charge in [0.15, 0.2) is 5.76 Å². The molecule has 1 aliphatic heterocycles. The Morgan fingerprint density at radius 1 is 1.30 bits per heavy atom. The van der Waals surface area contributed by atoms with Crippen LogP contribution >= 0.6 is 0 Å². The fourth-order valence-electron chi connectivity index (χ4n) is 3.83. The summed E-state index contributed by atoms with van der Waals surface area (Å²) in [6.07, 6.45) is 3.74. The third kappa shape index (κ3) is 3.82. The third-order valence-corrected chi connectivity index (χ3v) is 5.30. The first-order chi connectivity index (χ1) is 13.1. The van der Waals surface area contributed by atoms with Crippen molar-refractivity contribution in [2.24, 2.45) is 5.92 Å². The van der Waals surface area contributed by atoms with E-state index in [0.29, 0.717) is 18.2 Å². The van der Waals surface area contributed by atoms with Gasteiger partial charge in [-0.1, -0.05) is 12.1 Å². The average Bonchev–Trinajstić information content (AvgIpc) is 3.21. The molecule has 0 aliphatic carbocycles. The maximum Gasteiger partial charge on any atom is 0.286 e. The summed E-state index contributed by atoms with van der Waals surface area (Å²) < 4.78 is 5.16. The van der Waals surface area contributed by atoms with Gasteiger partial charge in [-0.3, -0.25) is 4.79 Å². The number of hydrogen-bond acceptors (Lipinski definition) is 4. The van der Waals surface area contributed by atoms with Gasteiger partial charge in [0.2, 0.25) is 0 Å². The summed E-state index contributed by atoms with van der Waals surface area (Å²) in [6, 6.07) is 12.0. The number of carbonyl (C=O) groups is 1. The number of rotatable bonds is 4. The number of nitrogens with one attached hydrogen (secondary N) is 1. The van der Waals surface area contributed by atoms with Crippen molar-refractivity contribution >= 4 is 22.6 Å². The lowest BCUT2D eigenvalue weighted by Crippen LogP contribution is -2.41. The van der Waals surface area contributed by atoms with Gasteiger partial charge < -0.3 is 14.6 Å². The molecule has 0 saturated carbocycles. The van der Waals surface area contributed by atoms with E-state index in [9.17, 15) is 4.79 Å². The number of aromatic nitrogens is 1. The maximum atomic E-state index is 12.1. The fraction of sp³-hybridized carbons (Fsp3) is 0.364. The minimum absolute atomic E-state index is 0.146. The summed E-state index contributed by atoms with van der Waals surface area (Å²) >= 11 is 0. The van der Waals surface area contributed by atoms with E-state index >= 15 is 0 Å². The van der Waals surface area contributed by atoms with E-state index in [4.69, 9.17) is 9.40 Å². The minimum Gasteiger partial charge on any atom is -0.459 e. The molecule has 5 heteroatoms. The predicted octanol–water partition coefficient (Wildman–Crippen LogP) is 4.09. The second kappa shape index (κ2) is 7.43. The number of fused-ring (bicyclic) bond motifs is 1. The molecule has 1 unspecified atom stereocenters. The lowest BCUT2D eigenvalue weighted by molar-refractivity contribution is 0.0918. The molecule has 1 atom stereocenters. The Bertz CT molecular complexity index is 950. The molecule has 5 nitrogen and oxygen atoms in total. The second-order valence-corrected chi connectivity index (χ2v) is 7.46. The van der Waals surface area contributed by atoms with Gasteiger partial charge in [0, 0.05) is 25.0 Å². The highest BCUT2D eigenvalue weighted by Crippen LogP contribution is 2.26. The molecule has 1 fully saturated rings. The number of hydrogen-bond donors (Lipinski definition) is 1. The molecule has 1 saturated heterocycles. The second-order valence-electron chi connectivity index (χ2n) is 7.46. The van der Waals surface area contributed by atoms with Crippen LogP contribution in [0.25, 0.3) is 10.9 Å². The zero-order valence-electron chi connectivity index (χ0n) is 15.9. The van der Waals surface area contributed by atoms with Crippen LogP contribution in [0.2, 0.25) is 0 Å². The average molecular weight is 363 g/mol. The fourth-order valence-corrected chi connectivity index (χ4v) is 3.83. The van der Waals surface area contributed by atoms with E-state index in [2.05, 4.69) is 48.3 Å². The van der Waals surface area contributed by atoms with Crippen LogP contribution < -0.4 is 10.2 Å². The van der Waals surface area contributed by atoms with Gasteiger partial charge in [0.25, 0.3) is 5.91 Å². The van der Waals surface area contributed by atoms with Crippen molar-refractivity contribution in [1.29, 1.82) is 0 Å². The Labute approximate surface area is 159 Å². The largest absolute Gasteiger partial charge is 0.459 e. The molecule has 1 aromatic carbocycles. The van der Waals surface area contributed by atoms with E-state index in [1.807, 2.05) is 0 Å². The van der Waals surface area contributed by atoms with E-state index in [-0.39, 0.29) is 5.91 Å². The van der Waals surface area contributed by atoms with Gasteiger partial charge in [0.1, 0.15) is 5.82 Å². The van der Waals surface area contributed by atoms with Crippen molar-refractivity contribution in [2.75, 3.05) is 24.5 Å². The molecule has 3 aromatic rings. The predicted molar refractivity (Wildman–Crippen MR) is 107 cm³/mol. The van der Waals surface area contributed by atoms with Crippen LogP contribution in [0.5, 0.6) is 0 Å². The first kappa shape index (κ1) is 17.6. The number of furan rings is 1. The minimum atomic E-state index is -0.146. The zero-order chi connectivity index (χ0) is 18.8. The summed E-state index contributed by atoms with van der Waals surface area (Å²) in [5, 5.41) is 4.21. The SMILES string of the molecule is Cc1ccc2c(C)cc(N3CCCC(CNC(=O)c4ccco4)C3)nc2c1. The number of piperidine rings is 1. The van der Waals surface area contributed by atoms with Crippen LogP contribution in [0.1, 0.15) is 34.5 Å². The molecule has 0 radical (unpaired) electrons. The van der Waals surface area contributed by atoms with Crippen LogP contribution in [0.15, 0.2) is 47.1 Å². The Morgan fingerprint density at radius 2 is 2.19 bits per heavy atom. The van der Waals surface area contributed by atoms with Crippen molar-refractivity contribution in [3.8, 4) is 0 Å².